The number of methoxy groups -OCH3 is 1. The molecule has 0 saturated heterocycles. The number of halogens is 1. The van der Waals surface area contributed by atoms with Gasteiger partial charge in [-0.25, -0.2) is 4.68 Å². The fraction of sp³-hybridized carbons (Fsp3) is 0.160. The van der Waals surface area contributed by atoms with Crippen LogP contribution in [-0.2, 0) is 13.1 Å². The van der Waals surface area contributed by atoms with E-state index in [0.29, 0.717) is 28.7 Å². The van der Waals surface area contributed by atoms with E-state index in [2.05, 4.69) is 5.10 Å². The lowest BCUT2D eigenvalue weighted by molar-refractivity contribution is 0.0721. The zero-order valence-electron chi connectivity index (χ0n) is 18.2. The molecule has 1 amide bonds. The first kappa shape index (κ1) is 22.8. The van der Waals surface area contributed by atoms with Crippen LogP contribution >= 0.6 is 22.9 Å². The van der Waals surface area contributed by atoms with Crippen LogP contribution in [0, 0.1) is 6.92 Å². The summed E-state index contributed by atoms with van der Waals surface area (Å²) in [4.78, 5) is 29.1. The molecule has 0 unspecified atom stereocenters. The van der Waals surface area contributed by atoms with Crippen molar-refractivity contribution in [2.45, 2.75) is 20.0 Å². The Balaban J connectivity index is 1.74. The van der Waals surface area contributed by atoms with Crippen LogP contribution in [0.25, 0.3) is 5.69 Å². The van der Waals surface area contributed by atoms with E-state index in [4.69, 9.17) is 16.3 Å². The van der Waals surface area contributed by atoms with E-state index >= 15 is 0 Å². The molecule has 0 fully saturated rings. The fourth-order valence-corrected chi connectivity index (χ4v) is 4.36. The van der Waals surface area contributed by atoms with Crippen LogP contribution in [0.15, 0.2) is 76.9 Å². The van der Waals surface area contributed by atoms with Gasteiger partial charge in [-0.3, -0.25) is 9.59 Å². The molecule has 0 aliphatic carbocycles. The smallest absolute Gasteiger partial charge is 0.279 e. The number of hydrogen-bond acceptors (Lipinski definition) is 5. The second kappa shape index (κ2) is 10.0. The predicted molar refractivity (Wildman–Crippen MR) is 130 cm³/mol. The summed E-state index contributed by atoms with van der Waals surface area (Å²) in [6.45, 7) is 2.40. The maximum Gasteiger partial charge on any atom is 0.279 e. The second-order valence-electron chi connectivity index (χ2n) is 7.44. The minimum atomic E-state index is -0.443. The number of carbonyl (C=O) groups is 1. The second-order valence-corrected chi connectivity index (χ2v) is 8.91. The lowest BCUT2D eigenvalue weighted by atomic mass is 10.1. The number of ether oxygens (including phenoxy) is 1. The van der Waals surface area contributed by atoms with Crippen molar-refractivity contribution in [3.8, 4) is 11.4 Å². The maximum atomic E-state index is 13.6. The summed E-state index contributed by atoms with van der Waals surface area (Å²) in [7, 11) is 1.59. The molecule has 8 heteroatoms. The van der Waals surface area contributed by atoms with Crippen molar-refractivity contribution in [2.24, 2.45) is 0 Å². The van der Waals surface area contributed by atoms with Gasteiger partial charge in [0.05, 0.1) is 25.9 Å². The largest absolute Gasteiger partial charge is 0.496 e. The molecule has 4 aromatic rings. The van der Waals surface area contributed by atoms with Gasteiger partial charge in [-0.15, -0.1) is 11.3 Å². The van der Waals surface area contributed by atoms with Gasteiger partial charge in [0.15, 0.2) is 5.69 Å². The van der Waals surface area contributed by atoms with Crippen LogP contribution < -0.4 is 10.2 Å². The fourth-order valence-electron chi connectivity index (χ4n) is 3.52. The standard InChI is InChI=1S/C25H22ClN3O3S/c1-17-14-22(30)24(27-29(17)20-11-9-19(26)10-12-20)25(31)28(16-21-7-5-13-33-21)15-18-6-3-4-8-23(18)32-2/h3-14H,15-16H2,1-2H3. The van der Waals surface area contributed by atoms with Gasteiger partial charge in [0.25, 0.3) is 5.91 Å². The number of aromatic nitrogens is 2. The summed E-state index contributed by atoms with van der Waals surface area (Å²) in [5.74, 6) is 0.235. The molecule has 168 valence electrons. The summed E-state index contributed by atoms with van der Waals surface area (Å²) >= 11 is 7.56. The molecule has 0 spiro atoms. The Morgan fingerprint density at radius 3 is 2.55 bits per heavy atom. The molecule has 0 radical (unpaired) electrons. The monoisotopic (exact) mass is 479 g/mol. The summed E-state index contributed by atoms with van der Waals surface area (Å²) in [5.41, 5.74) is 1.62. The Morgan fingerprint density at radius 2 is 1.85 bits per heavy atom. The van der Waals surface area contributed by atoms with Crippen LogP contribution in [0.3, 0.4) is 0 Å². The van der Waals surface area contributed by atoms with Crippen LogP contribution in [-0.4, -0.2) is 27.7 Å². The van der Waals surface area contributed by atoms with Crippen molar-refractivity contribution < 1.29 is 9.53 Å². The maximum absolute atomic E-state index is 13.6. The van der Waals surface area contributed by atoms with Gasteiger partial charge in [-0.05, 0) is 48.7 Å². The summed E-state index contributed by atoms with van der Waals surface area (Å²) in [6, 6.07) is 19.9. The van der Waals surface area contributed by atoms with Crippen LogP contribution in [0.2, 0.25) is 5.02 Å². The highest BCUT2D eigenvalue weighted by molar-refractivity contribution is 7.09. The summed E-state index contributed by atoms with van der Waals surface area (Å²) < 4.78 is 7.05. The SMILES string of the molecule is COc1ccccc1CN(Cc1cccs1)C(=O)c1nn(-c2ccc(Cl)cc2)c(C)cc1=O. The highest BCUT2D eigenvalue weighted by Crippen LogP contribution is 2.22. The lowest BCUT2D eigenvalue weighted by Gasteiger charge is -2.23. The number of aryl methyl sites for hydroxylation is 1. The molecule has 2 heterocycles. The molecule has 0 aliphatic heterocycles. The van der Waals surface area contributed by atoms with Gasteiger partial charge >= 0.3 is 0 Å². The van der Waals surface area contributed by atoms with Crippen molar-refractivity contribution in [2.75, 3.05) is 7.11 Å². The Morgan fingerprint density at radius 1 is 1.09 bits per heavy atom. The van der Waals surface area contributed by atoms with Gasteiger partial charge < -0.3 is 9.64 Å². The number of rotatable bonds is 7. The molecule has 0 bridgehead atoms. The average Bonchev–Trinajstić information content (AvgIpc) is 3.33. The van der Waals surface area contributed by atoms with E-state index < -0.39 is 11.3 Å². The number of hydrogen-bond donors (Lipinski definition) is 0. The Kier molecular flexibility index (Phi) is 6.91. The highest BCUT2D eigenvalue weighted by atomic mass is 35.5. The van der Waals surface area contributed by atoms with Crippen LogP contribution in [0.1, 0.15) is 26.6 Å². The number of amides is 1. The third-order valence-corrected chi connectivity index (χ3v) is 6.26. The molecule has 0 atom stereocenters. The predicted octanol–water partition coefficient (Wildman–Crippen LogP) is 5.11. The van der Waals surface area contributed by atoms with E-state index in [1.54, 1.807) is 59.2 Å². The minimum Gasteiger partial charge on any atom is -0.496 e. The van der Waals surface area contributed by atoms with E-state index in [9.17, 15) is 9.59 Å². The molecule has 33 heavy (non-hydrogen) atoms. The molecule has 6 nitrogen and oxygen atoms in total. The van der Waals surface area contributed by atoms with E-state index in [1.165, 1.54) is 6.07 Å². The normalized spacial score (nSPS) is 10.8. The Bertz CT molecular complexity index is 1320. The van der Waals surface area contributed by atoms with Crippen molar-refractivity contribution >= 4 is 28.8 Å². The minimum absolute atomic E-state index is 0.137. The van der Waals surface area contributed by atoms with E-state index in [1.807, 2.05) is 41.8 Å². The van der Waals surface area contributed by atoms with Crippen LogP contribution in [0.4, 0.5) is 0 Å². The molecule has 0 saturated carbocycles. The number of benzene rings is 2. The van der Waals surface area contributed by atoms with Gasteiger partial charge in [0.2, 0.25) is 5.43 Å². The quantitative estimate of drug-likeness (QED) is 0.369. The van der Waals surface area contributed by atoms with Crippen molar-refractivity contribution in [3.63, 3.8) is 0 Å². The van der Waals surface area contributed by atoms with E-state index in [-0.39, 0.29) is 12.2 Å². The molecule has 0 N–H and O–H groups in total. The number of carbonyl (C=O) groups excluding carboxylic acids is 1. The zero-order valence-corrected chi connectivity index (χ0v) is 19.8. The highest BCUT2D eigenvalue weighted by Gasteiger charge is 2.24. The molecule has 0 aliphatic rings. The third kappa shape index (κ3) is 5.16. The van der Waals surface area contributed by atoms with Gasteiger partial charge in [0.1, 0.15) is 5.75 Å². The van der Waals surface area contributed by atoms with Crippen LogP contribution in [0.5, 0.6) is 5.75 Å². The Hall–Kier alpha value is -3.42. The number of thiophene rings is 1. The first-order valence-electron chi connectivity index (χ1n) is 10.3. The Labute approximate surface area is 200 Å². The van der Waals surface area contributed by atoms with Gasteiger partial charge in [-0.1, -0.05) is 35.9 Å². The molecule has 2 aromatic heterocycles. The molecule has 4 rings (SSSR count). The molecular weight excluding hydrogens is 458 g/mol. The van der Waals surface area contributed by atoms with Crippen molar-refractivity contribution in [1.82, 2.24) is 14.7 Å². The molecular formula is C25H22ClN3O3S. The van der Waals surface area contributed by atoms with Crippen molar-refractivity contribution in [1.29, 1.82) is 0 Å². The number of para-hydroxylation sites is 1. The van der Waals surface area contributed by atoms with Gasteiger partial charge in [0, 0.05) is 27.2 Å². The third-order valence-electron chi connectivity index (χ3n) is 5.15. The van der Waals surface area contributed by atoms with Crippen molar-refractivity contribution in [3.05, 3.63) is 109 Å². The lowest BCUT2D eigenvalue weighted by Crippen LogP contribution is -2.35. The average molecular weight is 480 g/mol. The topological polar surface area (TPSA) is 64.4 Å². The molecule has 2 aromatic carbocycles. The first-order valence-corrected chi connectivity index (χ1v) is 11.5. The van der Waals surface area contributed by atoms with Gasteiger partial charge in [-0.2, -0.15) is 5.10 Å². The summed E-state index contributed by atoms with van der Waals surface area (Å²) in [5, 5.41) is 7.00. The van der Waals surface area contributed by atoms with E-state index in [0.717, 1.165) is 10.4 Å². The first-order chi connectivity index (χ1) is 16.0. The zero-order chi connectivity index (χ0) is 23.4. The summed E-state index contributed by atoms with van der Waals surface area (Å²) in [6.07, 6.45) is 0. The number of nitrogens with zero attached hydrogens (tertiary/aromatic N) is 3.